The van der Waals surface area contributed by atoms with Crippen LogP contribution in [0.15, 0.2) is 84.9 Å². The summed E-state index contributed by atoms with van der Waals surface area (Å²) in [5.74, 6) is -1.68. The van der Waals surface area contributed by atoms with Crippen LogP contribution < -0.4 is 15.1 Å². The first-order valence-corrected chi connectivity index (χ1v) is 21.4. The molecule has 3 N–H and O–H groups in total. The highest BCUT2D eigenvalue weighted by Crippen LogP contribution is 2.40. The molecule has 60 heavy (non-hydrogen) atoms. The molecule has 4 aromatic carbocycles. The van der Waals surface area contributed by atoms with Gasteiger partial charge < -0.3 is 20.0 Å². The summed E-state index contributed by atoms with van der Waals surface area (Å²) in [5, 5.41) is 22.2. The zero-order valence-electron chi connectivity index (χ0n) is 33.2. The van der Waals surface area contributed by atoms with E-state index in [1.54, 1.807) is 24.3 Å². The number of hydrogen-bond acceptors (Lipinski definition) is 9. The molecule has 0 saturated carbocycles. The highest BCUT2D eigenvalue weighted by atomic mass is 35.5. The van der Waals surface area contributed by atoms with Crippen LogP contribution in [-0.2, 0) is 9.59 Å². The van der Waals surface area contributed by atoms with Gasteiger partial charge in [0.15, 0.2) is 0 Å². The fourth-order valence-corrected chi connectivity index (χ4v) is 10.2. The molecule has 6 heterocycles. The number of carbonyl (C=O) groups excluding carboxylic acids is 4. The summed E-state index contributed by atoms with van der Waals surface area (Å²) in [5.41, 5.74) is 6.59. The minimum Gasteiger partial charge on any atom is -0.508 e. The maximum atomic E-state index is 15.8. The molecule has 0 radical (unpaired) electrons. The van der Waals surface area contributed by atoms with Gasteiger partial charge in [-0.25, -0.2) is 4.39 Å². The number of anilines is 2. The van der Waals surface area contributed by atoms with E-state index in [4.69, 9.17) is 11.6 Å². The van der Waals surface area contributed by atoms with Crippen molar-refractivity contribution in [3.63, 3.8) is 0 Å². The smallest absolute Gasteiger partial charge is 0.262 e. The number of benzene rings is 4. The van der Waals surface area contributed by atoms with Gasteiger partial charge in [-0.05, 0) is 121 Å². The average molecular weight is 832 g/mol. The topological polar surface area (TPSA) is 134 Å². The van der Waals surface area contributed by atoms with Crippen molar-refractivity contribution >= 4 is 57.8 Å². The standard InChI is InChI=1S/C47H47ClFN5O6/c48-20-17-37(29-3-11-35(55)12-4-29)44(31-5-13-36(56)14-6-31)30-1-7-32(8-2-30)51-21-18-28(19-22-51)25-52-26-34-10-9-33(52)27-53(34)42-24-39-38(23-40(42)49)46(59)54(47(39)60)41-15-16-43(57)50-45(41)58/h1-8,11-14,23-24,28,33-34,41,55-56H,9-10,15-22,25-27H2,(H,50,57,58). The normalized spacial score (nSPS) is 22.6. The molecule has 11 nitrogen and oxygen atoms in total. The van der Waals surface area contributed by atoms with E-state index in [0.29, 0.717) is 30.5 Å². The number of halogens is 2. The molecule has 0 aliphatic carbocycles. The summed E-state index contributed by atoms with van der Waals surface area (Å²) in [7, 11) is 0. The van der Waals surface area contributed by atoms with Crippen LogP contribution in [0.2, 0.25) is 0 Å². The van der Waals surface area contributed by atoms with Crippen molar-refractivity contribution in [2.45, 2.75) is 63.1 Å². The number of alkyl halides is 1. The third-order valence-corrected chi connectivity index (χ3v) is 13.3. The zero-order valence-corrected chi connectivity index (χ0v) is 33.9. The monoisotopic (exact) mass is 831 g/mol. The number of nitrogens with one attached hydrogen (secondary N) is 1. The number of phenols is 2. The van der Waals surface area contributed by atoms with Gasteiger partial charge in [-0.3, -0.25) is 34.3 Å². The van der Waals surface area contributed by atoms with Crippen molar-refractivity contribution < 1.29 is 33.8 Å². The Morgan fingerprint density at radius 3 is 1.93 bits per heavy atom. The first-order valence-electron chi connectivity index (χ1n) is 20.9. The van der Waals surface area contributed by atoms with E-state index < -0.39 is 35.5 Å². The lowest BCUT2D eigenvalue weighted by Gasteiger charge is -2.53. The van der Waals surface area contributed by atoms with Gasteiger partial charge in [0.1, 0.15) is 23.4 Å². The highest BCUT2D eigenvalue weighted by Gasteiger charge is 2.47. The van der Waals surface area contributed by atoms with E-state index in [0.717, 1.165) is 96.4 Å². The molecule has 5 fully saturated rings. The molecule has 0 aromatic heterocycles. The number of imide groups is 2. The SMILES string of the molecule is O=C1CCC(N2C(=O)c3cc(F)c(N4CC5CCC4CN5CC4CCN(c5ccc(C(=C(CCCl)c6ccc(O)cc6)c6ccc(O)cc6)cc5)CC4)cc3C2=O)C(=O)N1. The van der Waals surface area contributed by atoms with Crippen LogP contribution in [0.4, 0.5) is 15.8 Å². The van der Waals surface area contributed by atoms with Crippen molar-refractivity contribution in [1.29, 1.82) is 0 Å². The van der Waals surface area contributed by atoms with Gasteiger partial charge in [0.2, 0.25) is 11.8 Å². The Balaban J connectivity index is 0.846. The van der Waals surface area contributed by atoms with Crippen LogP contribution in [0.5, 0.6) is 11.5 Å². The van der Waals surface area contributed by atoms with Gasteiger partial charge in [0, 0.05) is 62.8 Å². The Morgan fingerprint density at radius 2 is 1.33 bits per heavy atom. The molecule has 5 saturated heterocycles. The van der Waals surface area contributed by atoms with E-state index >= 15 is 4.39 Å². The summed E-state index contributed by atoms with van der Waals surface area (Å²) in [6, 6.07) is 24.9. The molecule has 6 aliphatic rings. The lowest BCUT2D eigenvalue weighted by molar-refractivity contribution is -0.136. The van der Waals surface area contributed by atoms with E-state index in [9.17, 15) is 29.4 Å². The third kappa shape index (κ3) is 7.51. The number of aromatic hydroxyl groups is 2. The van der Waals surface area contributed by atoms with Gasteiger partial charge in [0.05, 0.1) is 16.8 Å². The Labute approximate surface area is 353 Å². The van der Waals surface area contributed by atoms with Crippen molar-refractivity contribution in [3.8, 4) is 11.5 Å². The molecule has 0 spiro atoms. The Hall–Kier alpha value is -5.72. The molecule has 3 atom stereocenters. The number of nitrogens with zero attached hydrogens (tertiary/aromatic N) is 4. The zero-order chi connectivity index (χ0) is 41.7. The van der Waals surface area contributed by atoms with E-state index in [1.165, 1.54) is 6.07 Å². The molecule has 4 aromatic rings. The molecule has 3 unspecified atom stereocenters. The minimum absolute atomic E-state index is 0.0214. The van der Waals surface area contributed by atoms with Gasteiger partial charge >= 0.3 is 0 Å². The number of phenolic OH excluding ortho intramolecular Hbond substituents is 2. The van der Waals surface area contributed by atoms with Crippen molar-refractivity contribution in [3.05, 3.63) is 119 Å². The minimum atomic E-state index is -1.10. The predicted octanol–water partition coefficient (Wildman–Crippen LogP) is 6.80. The molecule has 4 amide bonds. The Kier molecular flexibility index (Phi) is 10.8. The number of piperidine rings is 4. The van der Waals surface area contributed by atoms with Crippen LogP contribution >= 0.6 is 11.6 Å². The molecular weight excluding hydrogens is 785 g/mol. The van der Waals surface area contributed by atoms with Crippen molar-refractivity contribution in [2.24, 2.45) is 5.92 Å². The fourth-order valence-electron chi connectivity index (χ4n) is 9.99. The van der Waals surface area contributed by atoms with Crippen molar-refractivity contribution in [1.82, 2.24) is 15.1 Å². The van der Waals surface area contributed by atoms with Crippen LogP contribution in [0, 0.1) is 11.7 Å². The van der Waals surface area contributed by atoms with Crippen LogP contribution in [0.3, 0.4) is 0 Å². The van der Waals surface area contributed by atoms with Gasteiger partial charge in [-0.2, -0.15) is 0 Å². The van der Waals surface area contributed by atoms with Gasteiger partial charge in [-0.1, -0.05) is 36.4 Å². The fraction of sp³-hybridized carbons (Fsp3) is 0.362. The number of carbonyl (C=O) groups is 4. The first-order chi connectivity index (χ1) is 29.1. The molecule has 10 rings (SSSR count). The van der Waals surface area contributed by atoms with Gasteiger partial charge in [0.25, 0.3) is 11.8 Å². The van der Waals surface area contributed by atoms with Crippen molar-refractivity contribution in [2.75, 3.05) is 48.4 Å². The lowest BCUT2D eigenvalue weighted by Crippen LogP contribution is -2.63. The van der Waals surface area contributed by atoms with E-state index in [2.05, 4.69) is 44.3 Å². The Bertz CT molecular complexity index is 2360. The predicted molar refractivity (Wildman–Crippen MR) is 228 cm³/mol. The largest absolute Gasteiger partial charge is 0.508 e. The second kappa shape index (κ2) is 16.4. The molecule has 310 valence electrons. The highest BCUT2D eigenvalue weighted by molar-refractivity contribution is 6.24. The lowest BCUT2D eigenvalue weighted by atomic mass is 9.87. The third-order valence-electron chi connectivity index (χ3n) is 13.1. The Morgan fingerprint density at radius 1 is 0.733 bits per heavy atom. The quantitative estimate of drug-likeness (QED) is 0.0898. The number of piperazine rings is 1. The summed E-state index contributed by atoms with van der Waals surface area (Å²) < 4.78 is 15.8. The van der Waals surface area contributed by atoms with E-state index in [1.807, 2.05) is 24.3 Å². The number of allylic oxidation sites excluding steroid dienone is 1. The molecular formula is C47H47ClFN5O6. The number of amides is 4. The van der Waals surface area contributed by atoms with Crippen LogP contribution in [0.1, 0.15) is 82.4 Å². The molecule has 6 aliphatic heterocycles. The van der Waals surface area contributed by atoms with Crippen LogP contribution in [0.25, 0.3) is 11.1 Å². The first kappa shape index (κ1) is 39.7. The number of fused-ring (bicyclic) bond motifs is 4. The summed E-state index contributed by atoms with van der Waals surface area (Å²) in [4.78, 5) is 58.9. The summed E-state index contributed by atoms with van der Waals surface area (Å²) >= 11 is 6.35. The van der Waals surface area contributed by atoms with Gasteiger partial charge in [-0.15, -0.1) is 11.6 Å². The summed E-state index contributed by atoms with van der Waals surface area (Å²) in [6.45, 7) is 4.28. The number of rotatable bonds is 10. The molecule has 13 heteroatoms. The van der Waals surface area contributed by atoms with E-state index in [-0.39, 0.29) is 47.6 Å². The summed E-state index contributed by atoms with van der Waals surface area (Å²) in [6.07, 6.45) is 4.72. The average Bonchev–Trinajstić information content (AvgIpc) is 3.49. The second-order valence-electron chi connectivity index (χ2n) is 16.7. The maximum Gasteiger partial charge on any atom is 0.262 e. The molecule has 2 bridgehead atoms. The maximum absolute atomic E-state index is 15.8. The van der Waals surface area contributed by atoms with Crippen LogP contribution in [-0.4, -0.2) is 100 Å². The number of hydrogen-bond donors (Lipinski definition) is 3. The second-order valence-corrected chi connectivity index (χ2v) is 17.0.